The molecule has 3 rings (SSSR count). The molecule has 2 unspecified atom stereocenters. The molecular formula is C19H26N2O3. The lowest BCUT2D eigenvalue weighted by atomic mass is 10.00. The maximum Gasteiger partial charge on any atom is 0.268 e. The van der Waals surface area contributed by atoms with Crippen LogP contribution in [0.2, 0.25) is 0 Å². The quantitative estimate of drug-likeness (QED) is 0.853. The van der Waals surface area contributed by atoms with E-state index in [0.717, 1.165) is 30.9 Å². The van der Waals surface area contributed by atoms with Gasteiger partial charge < -0.3 is 14.5 Å². The monoisotopic (exact) mass is 330 g/mol. The largest absolute Gasteiger partial charge is 0.478 e. The van der Waals surface area contributed by atoms with Gasteiger partial charge in [0.05, 0.1) is 5.69 Å². The van der Waals surface area contributed by atoms with Gasteiger partial charge in [0.15, 0.2) is 6.10 Å². The van der Waals surface area contributed by atoms with Gasteiger partial charge in [-0.2, -0.15) is 0 Å². The smallest absolute Gasteiger partial charge is 0.268 e. The number of nitrogens with zero attached hydrogens (tertiary/aromatic N) is 2. The predicted octanol–water partition coefficient (Wildman–Crippen LogP) is 2.84. The van der Waals surface area contributed by atoms with Crippen molar-refractivity contribution in [3.05, 3.63) is 24.3 Å². The molecule has 24 heavy (non-hydrogen) atoms. The van der Waals surface area contributed by atoms with Gasteiger partial charge in [0.25, 0.3) is 5.91 Å². The van der Waals surface area contributed by atoms with E-state index in [9.17, 15) is 9.59 Å². The topological polar surface area (TPSA) is 49.9 Å². The van der Waals surface area contributed by atoms with E-state index in [1.54, 1.807) is 4.90 Å². The van der Waals surface area contributed by atoms with E-state index in [0.29, 0.717) is 25.3 Å². The Bertz CT molecular complexity index is 616. The van der Waals surface area contributed by atoms with Crippen molar-refractivity contribution in [1.82, 2.24) is 4.90 Å². The van der Waals surface area contributed by atoms with Crippen molar-refractivity contribution in [2.45, 2.75) is 45.6 Å². The maximum absolute atomic E-state index is 12.6. The lowest BCUT2D eigenvalue weighted by Gasteiger charge is -2.35. The Morgan fingerprint density at radius 2 is 2.12 bits per heavy atom. The molecular weight excluding hydrogens is 304 g/mol. The second-order valence-corrected chi connectivity index (χ2v) is 6.81. The first-order valence-corrected chi connectivity index (χ1v) is 8.95. The molecule has 5 heteroatoms. The number of para-hydroxylation sites is 2. The molecule has 1 aromatic carbocycles. The first-order valence-electron chi connectivity index (χ1n) is 8.95. The van der Waals surface area contributed by atoms with Gasteiger partial charge in [0.1, 0.15) is 5.75 Å². The first-order chi connectivity index (χ1) is 11.6. The molecule has 0 saturated carbocycles. The zero-order valence-corrected chi connectivity index (χ0v) is 14.5. The van der Waals surface area contributed by atoms with E-state index < -0.39 is 6.10 Å². The van der Waals surface area contributed by atoms with Crippen molar-refractivity contribution in [3.8, 4) is 5.75 Å². The summed E-state index contributed by atoms with van der Waals surface area (Å²) in [6, 6.07) is 7.56. The molecule has 0 bridgehead atoms. The van der Waals surface area contributed by atoms with E-state index in [1.807, 2.05) is 36.1 Å². The van der Waals surface area contributed by atoms with Crippen LogP contribution in [0.25, 0.3) is 0 Å². The zero-order chi connectivity index (χ0) is 17.1. The lowest BCUT2D eigenvalue weighted by molar-refractivity contribution is -0.132. The Kier molecular flexibility index (Phi) is 5.07. The Balaban J connectivity index is 1.69. The molecule has 0 aliphatic carbocycles. The van der Waals surface area contributed by atoms with Crippen LogP contribution in [0, 0.1) is 5.92 Å². The van der Waals surface area contributed by atoms with Crippen LogP contribution in [0.5, 0.6) is 5.75 Å². The minimum atomic E-state index is -0.454. The van der Waals surface area contributed by atoms with Gasteiger partial charge in [-0.25, -0.2) is 0 Å². The normalized spacial score (nSPS) is 23.7. The minimum Gasteiger partial charge on any atom is -0.478 e. The van der Waals surface area contributed by atoms with Crippen LogP contribution in [0.15, 0.2) is 24.3 Å². The molecule has 2 aliphatic heterocycles. The average molecular weight is 330 g/mol. The number of benzene rings is 1. The van der Waals surface area contributed by atoms with Crippen molar-refractivity contribution in [2.75, 3.05) is 24.5 Å². The molecule has 130 valence electrons. The van der Waals surface area contributed by atoms with Gasteiger partial charge in [-0.05, 0) is 37.3 Å². The van der Waals surface area contributed by atoms with Crippen LogP contribution in [-0.2, 0) is 9.59 Å². The van der Waals surface area contributed by atoms with E-state index in [-0.39, 0.29) is 11.8 Å². The maximum atomic E-state index is 12.6. The van der Waals surface area contributed by atoms with Gasteiger partial charge in [0.2, 0.25) is 5.91 Å². The zero-order valence-electron chi connectivity index (χ0n) is 14.5. The number of amides is 2. The minimum absolute atomic E-state index is 0.0454. The van der Waals surface area contributed by atoms with Gasteiger partial charge in [-0.3, -0.25) is 9.59 Å². The Labute approximate surface area is 143 Å². The Morgan fingerprint density at radius 3 is 2.88 bits per heavy atom. The van der Waals surface area contributed by atoms with Crippen LogP contribution in [0.3, 0.4) is 0 Å². The summed E-state index contributed by atoms with van der Waals surface area (Å²) >= 11 is 0. The fraction of sp³-hybridized carbons (Fsp3) is 0.579. The number of anilines is 1. The predicted molar refractivity (Wildman–Crippen MR) is 93.1 cm³/mol. The summed E-state index contributed by atoms with van der Waals surface area (Å²) in [5, 5.41) is 0. The van der Waals surface area contributed by atoms with Crippen LogP contribution in [-0.4, -0.2) is 42.5 Å². The molecule has 0 spiro atoms. The molecule has 0 radical (unpaired) electrons. The lowest BCUT2D eigenvalue weighted by Crippen LogP contribution is -2.47. The van der Waals surface area contributed by atoms with Crippen molar-refractivity contribution >= 4 is 17.5 Å². The average Bonchev–Trinajstić information content (AvgIpc) is 2.60. The van der Waals surface area contributed by atoms with Crippen molar-refractivity contribution < 1.29 is 14.3 Å². The summed E-state index contributed by atoms with van der Waals surface area (Å²) in [5.41, 5.74) is 0.770. The SMILES string of the molecule is CCC1Oc2ccccc2N(CCC(=O)N2CCCC(C)C2)C1=O. The molecule has 2 atom stereocenters. The van der Waals surface area contributed by atoms with Crippen LogP contribution < -0.4 is 9.64 Å². The summed E-state index contributed by atoms with van der Waals surface area (Å²) in [5.74, 6) is 1.39. The molecule has 1 fully saturated rings. The van der Waals surface area contributed by atoms with Crippen molar-refractivity contribution in [2.24, 2.45) is 5.92 Å². The summed E-state index contributed by atoms with van der Waals surface area (Å²) in [7, 11) is 0. The number of fused-ring (bicyclic) bond motifs is 1. The van der Waals surface area contributed by atoms with Crippen molar-refractivity contribution in [1.29, 1.82) is 0 Å². The highest BCUT2D eigenvalue weighted by molar-refractivity contribution is 6.00. The molecule has 1 saturated heterocycles. The van der Waals surface area contributed by atoms with E-state index >= 15 is 0 Å². The second kappa shape index (κ2) is 7.24. The first kappa shape index (κ1) is 16.8. The summed E-state index contributed by atoms with van der Waals surface area (Å²) in [6.07, 6.45) is 2.80. The van der Waals surface area contributed by atoms with Crippen LogP contribution in [0.4, 0.5) is 5.69 Å². The molecule has 5 nitrogen and oxygen atoms in total. The molecule has 0 N–H and O–H groups in total. The highest BCUT2D eigenvalue weighted by Gasteiger charge is 2.33. The number of rotatable bonds is 4. The van der Waals surface area contributed by atoms with Gasteiger partial charge in [-0.1, -0.05) is 26.0 Å². The Morgan fingerprint density at radius 1 is 1.33 bits per heavy atom. The molecule has 0 aromatic heterocycles. The van der Waals surface area contributed by atoms with Crippen LogP contribution in [0.1, 0.15) is 39.5 Å². The highest BCUT2D eigenvalue weighted by atomic mass is 16.5. The standard InChI is InChI=1S/C19H26N2O3/c1-3-16-19(23)21(15-8-4-5-9-17(15)24-16)12-10-18(22)20-11-6-7-14(2)13-20/h4-5,8-9,14,16H,3,6-7,10-13H2,1-2H3. The summed E-state index contributed by atoms with van der Waals surface area (Å²) < 4.78 is 5.77. The fourth-order valence-corrected chi connectivity index (χ4v) is 3.55. The molecule has 1 aromatic rings. The molecule has 2 aliphatic rings. The van der Waals surface area contributed by atoms with Gasteiger partial charge in [0, 0.05) is 26.1 Å². The number of hydrogen-bond acceptors (Lipinski definition) is 3. The number of carbonyl (C=O) groups is 2. The molecule has 2 heterocycles. The summed E-state index contributed by atoms with van der Waals surface area (Å²) in [6.45, 7) is 6.22. The van der Waals surface area contributed by atoms with E-state index in [1.165, 1.54) is 6.42 Å². The number of ether oxygens (including phenoxy) is 1. The van der Waals surface area contributed by atoms with E-state index in [4.69, 9.17) is 4.74 Å². The number of piperidine rings is 1. The van der Waals surface area contributed by atoms with Crippen LogP contribution >= 0.6 is 0 Å². The number of carbonyl (C=O) groups excluding carboxylic acids is 2. The highest BCUT2D eigenvalue weighted by Crippen LogP contribution is 2.34. The third-order valence-corrected chi connectivity index (χ3v) is 4.90. The van der Waals surface area contributed by atoms with Gasteiger partial charge in [-0.15, -0.1) is 0 Å². The van der Waals surface area contributed by atoms with Crippen molar-refractivity contribution in [3.63, 3.8) is 0 Å². The third-order valence-electron chi connectivity index (χ3n) is 4.90. The fourth-order valence-electron chi connectivity index (χ4n) is 3.55. The number of hydrogen-bond donors (Lipinski definition) is 0. The van der Waals surface area contributed by atoms with E-state index in [2.05, 4.69) is 6.92 Å². The second-order valence-electron chi connectivity index (χ2n) is 6.81. The Hall–Kier alpha value is -2.04. The summed E-state index contributed by atoms with van der Waals surface area (Å²) in [4.78, 5) is 28.8. The van der Waals surface area contributed by atoms with Gasteiger partial charge >= 0.3 is 0 Å². The molecule has 2 amide bonds. The third kappa shape index (κ3) is 3.40. The number of likely N-dealkylation sites (tertiary alicyclic amines) is 1.